The van der Waals surface area contributed by atoms with Crippen molar-refractivity contribution in [1.82, 2.24) is 19.7 Å². The number of nitrogens with zero attached hydrogens (tertiary/aromatic N) is 4. The largest absolute Gasteiger partial charge is 0.478 e. The number of aryl methyl sites for hydroxylation is 1. The molecule has 134 valence electrons. The van der Waals surface area contributed by atoms with Crippen LogP contribution in [0, 0.1) is 5.82 Å². The van der Waals surface area contributed by atoms with Gasteiger partial charge >= 0.3 is 0 Å². The molecule has 0 spiro atoms. The Labute approximate surface area is 146 Å². The van der Waals surface area contributed by atoms with E-state index < -0.39 is 5.60 Å². The molecular formula is C18H23FN4O2. The maximum atomic E-state index is 13.0. The first kappa shape index (κ1) is 17.4. The van der Waals surface area contributed by atoms with Gasteiger partial charge in [0.2, 0.25) is 0 Å². The third-order valence-corrected chi connectivity index (χ3v) is 4.52. The van der Waals surface area contributed by atoms with E-state index in [0.717, 1.165) is 18.7 Å². The average molecular weight is 346 g/mol. The Hall–Kier alpha value is -2.44. The Morgan fingerprint density at radius 1 is 1.32 bits per heavy atom. The minimum atomic E-state index is -1.03. The van der Waals surface area contributed by atoms with Gasteiger partial charge < -0.3 is 14.2 Å². The van der Waals surface area contributed by atoms with Crippen LogP contribution in [0.25, 0.3) is 0 Å². The third-order valence-electron chi connectivity index (χ3n) is 4.52. The van der Waals surface area contributed by atoms with Crippen LogP contribution in [0.5, 0.6) is 5.75 Å². The molecule has 2 aromatic rings. The monoisotopic (exact) mass is 346 g/mol. The van der Waals surface area contributed by atoms with E-state index in [4.69, 9.17) is 4.74 Å². The van der Waals surface area contributed by atoms with Crippen molar-refractivity contribution in [3.63, 3.8) is 0 Å². The summed E-state index contributed by atoms with van der Waals surface area (Å²) in [4.78, 5) is 14.8. The quantitative estimate of drug-likeness (QED) is 0.853. The standard InChI is InChI=1S/C18H23FN4O2/c1-18(2,25-15-8-6-14(19)7-9-15)17(24)23-10-4-5-13(11-23)16-21-20-12-22(16)3/h6-9,12-13H,4-5,10-11H2,1-3H3. The molecule has 1 aromatic heterocycles. The van der Waals surface area contributed by atoms with Gasteiger partial charge in [0.15, 0.2) is 5.60 Å². The summed E-state index contributed by atoms with van der Waals surface area (Å²) in [7, 11) is 1.91. The lowest BCUT2D eigenvalue weighted by atomic mass is 9.95. The summed E-state index contributed by atoms with van der Waals surface area (Å²) in [5.41, 5.74) is -1.03. The molecule has 25 heavy (non-hydrogen) atoms. The first-order valence-electron chi connectivity index (χ1n) is 8.44. The van der Waals surface area contributed by atoms with Gasteiger partial charge in [0.05, 0.1) is 0 Å². The molecule has 0 N–H and O–H groups in total. The Kier molecular flexibility index (Phi) is 4.74. The number of ether oxygens (including phenoxy) is 1. The summed E-state index contributed by atoms with van der Waals surface area (Å²) in [6, 6.07) is 5.70. The molecule has 0 saturated carbocycles. The summed E-state index contributed by atoms with van der Waals surface area (Å²) in [5.74, 6) is 1.13. The average Bonchev–Trinajstić information content (AvgIpc) is 3.02. The zero-order valence-corrected chi connectivity index (χ0v) is 14.8. The number of hydrogen-bond acceptors (Lipinski definition) is 4. The maximum Gasteiger partial charge on any atom is 0.266 e. The molecule has 1 aliphatic heterocycles. The van der Waals surface area contributed by atoms with E-state index in [1.807, 2.05) is 16.5 Å². The van der Waals surface area contributed by atoms with Crippen LogP contribution in [-0.2, 0) is 11.8 Å². The van der Waals surface area contributed by atoms with Gasteiger partial charge in [-0.25, -0.2) is 4.39 Å². The van der Waals surface area contributed by atoms with Gasteiger partial charge in [0.1, 0.15) is 23.7 Å². The Morgan fingerprint density at radius 3 is 2.68 bits per heavy atom. The van der Waals surface area contributed by atoms with Crippen molar-refractivity contribution >= 4 is 5.91 Å². The summed E-state index contributed by atoms with van der Waals surface area (Å²) >= 11 is 0. The van der Waals surface area contributed by atoms with Crippen LogP contribution in [0.2, 0.25) is 0 Å². The molecule has 1 aromatic carbocycles. The lowest BCUT2D eigenvalue weighted by Gasteiger charge is -2.37. The van der Waals surface area contributed by atoms with Crippen molar-refractivity contribution in [1.29, 1.82) is 0 Å². The third kappa shape index (κ3) is 3.81. The van der Waals surface area contributed by atoms with Crippen LogP contribution in [0.15, 0.2) is 30.6 Å². The molecule has 0 radical (unpaired) electrons. The molecule has 6 nitrogen and oxygen atoms in total. The topological polar surface area (TPSA) is 60.2 Å². The second kappa shape index (κ2) is 6.82. The zero-order valence-electron chi connectivity index (χ0n) is 14.8. The van der Waals surface area contributed by atoms with E-state index in [1.165, 1.54) is 24.3 Å². The number of rotatable bonds is 4. The van der Waals surface area contributed by atoms with Crippen LogP contribution in [0.4, 0.5) is 4.39 Å². The first-order valence-corrected chi connectivity index (χ1v) is 8.44. The second-order valence-electron chi connectivity index (χ2n) is 6.96. The number of benzene rings is 1. The van der Waals surface area contributed by atoms with E-state index in [1.54, 1.807) is 20.2 Å². The molecule has 1 atom stereocenters. The Bertz CT molecular complexity index is 742. The van der Waals surface area contributed by atoms with Crippen LogP contribution in [-0.4, -0.2) is 44.3 Å². The molecule has 0 bridgehead atoms. The predicted octanol–water partition coefficient (Wildman–Crippen LogP) is 2.52. The maximum absolute atomic E-state index is 13.0. The molecule has 1 amide bonds. The highest BCUT2D eigenvalue weighted by Gasteiger charge is 2.37. The van der Waals surface area contributed by atoms with Crippen molar-refractivity contribution in [3.8, 4) is 5.75 Å². The molecule has 1 fully saturated rings. The smallest absolute Gasteiger partial charge is 0.266 e. The van der Waals surface area contributed by atoms with E-state index >= 15 is 0 Å². The van der Waals surface area contributed by atoms with Crippen molar-refractivity contribution in [2.24, 2.45) is 7.05 Å². The van der Waals surface area contributed by atoms with Gasteiger partial charge in [0.25, 0.3) is 5.91 Å². The summed E-state index contributed by atoms with van der Waals surface area (Å²) < 4.78 is 20.8. The van der Waals surface area contributed by atoms with Crippen molar-refractivity contribution in [2.75, 3.05) is 13.1 Å². The minimum absolute atomic E-state index is 0.0799. The molecule has 1 saturated heterocycles. The van der Waals surface area contributed by atoms with Gasteiger partial charge in [-0.05, 0) is 51.0 Å². The molecule has 3 rings (SSSR count). The molecule has 2 heterocycles. The lowest BCUT2D eigenvalue weighted by Crippen LogP contribution is -2.51. The molecule has 1 unspecified atom stereocenters. The number of hydrogen-bond donors (Lipinski definition) is 0. The van der Waals surface area contributed by atoms with Gasteiger partial charge in [0, 0.05) is 26.1 Å². The van der Waals surface area contributed by atoms with Crippen LogP contribution < -0.4 is 4.74 Å². The number of carbonyl (C=O) groups is 1. The molecule has 7 heteroatoms. The first-order chi connectivity index (χ1) is 11.9. The molecule has 0 aliphatic carbocycles. The fraction of sp³-hybridized carbons (Fsp3) is 0.500. The highest BCUT2D eigenvalue weighted by Crippen LogP contribution is 2.28. The summed E-state index contributed by atoms with van der Waals surface area (Å²) in [5, 5.41) is 8.11. The molecular weight excluding hydrogens is 323 g/mol. The fourth-order valence-electron chi connectivity index (χ4n) is 3.26. The fourth-order valence-corrected chi connectivity index (χ4v) is 3.26. The number of amides is 1. The van der Waals surface area contributed by atoms with Crippen molar-refractivity contribution in [2.45, 2.75) is 38.2 Å². The van der Waals surface area contributed by atoms with E-state index in [0.29, 0.717) is 18.8 Å². The number of piperidine rings is 1. The number of aromatic nitrogens is 3. The highest BCUT2D eigenvalue weighted by molar-refractivity contribution is 5.85. The molecule has 1 aliphatic rings. The lowest BCUT2D eigenvalue weighted by molar-refractivity contribution is -0.146. The SMILES string of the molecule is Cn1cnnc1C1CCCN(C(=O)C(C)(C)Oc2ccc(F)cc2)C1. The van der Waals surface area contributed by atoms with E-state index in [-0.39, 0.29) is 17.6 Å². The van der Waals surface area contributed by atoms with Crippen molar-refractivity contribution in [3.05, 3.63) is 42.2 Å². The predicted molar refractivity (Wildman–Crippen MR) is 90.7 cm³/mol. The minimum Gasteiger partial charge on any atom is -0.478 e. The Balaban J connectivity index is 1.70. The number of likely N-dealkylation sites (tertiary alicyclic amines) is 1. The zero-order chi connectivity index (χ0) is 18.0. The summed E-state index contributed by atoms with van der Waals surface area (Å²) in [6.45, 7) is 4.78. The van der Waals surface area contributed by atoms with Crippen LogP contribution in [0.1, 0.15) is 38.4 Å². The second-order valence-corrected chi connectivity index (χ2v) is 6.96. The van der Waals surface area contributed by atoms with E-state index in [2.05, 4.69) is 10.2 Å². The van der Waals surface area contributed by atoms with E-state index in [9.17, 15) is 9.18 Å². The van der Waals surface area contributed by atoms with Gasteiger partial charge in [-0.2, -0.15) is 0 Å². The van der Waals surface area contributed by atoms with Gasteiger partial charge in [-0.1, -0.05) is 0 Å². The van der Waals surface area contributed by atoms with Crippen LogP contribution in [0.3, 0.4) is 0 Å². The number of halogens is 1. The summed E-state index contributed by atoms with van der Waals surface area (Å²) in [6.07, 6.45) is 3.57. The van der Waals surface area contributed by atoms with Gasteiger partial charge in [-0.3, -0.25) is 4.79 Å². The van der Waals surface area contributed by atoms with Crippen LogP contribution >= 0.6 is 0 Å². The van der Waals surface area contributed by atoms with Gasteiger partial charge in [-0.15, -0.1) is 10.2 Å². The van der Waals surface area contributed by atoms with Crippen molar-refractivity contribution < 1.29 is 13.9 Å². The number of carbonyl (C=O) groups excluding carboxylic acids is 1. The highest BCUT2D eigenvalue weighted by atomic mass is 19.1. The normalized spacial score (nSPS) is 18.2. The Morgan fingerprint density at radius 2 is 2.04 bits per heavy atom.